The average Bonchev–Trinajstić information content (AvgIpc) is 3.42. The summed E-state index contributed by atoms with van der Waals surface area (Å²) < 4.78 is 46.1. The van der Waals surface area contributed by atoms with Crippen molar-refractivity contribution in [2.75, 3.05) is 0 Å². The molecule has 0 aliphatic carbocycles. The van der Waals surface area contributed by atoms with Crippen LogP contribution in [0.15, 0.2) is 48.7 Å². The molecule has 1 N–H and O–H groups in total. The van der Waals surface area contributed by atoms with E-state index in [1.807, 2.05) is 0 Å². The first-order valence-corrected chi connectivity index (χ1v) is 11.1. The van der Waals surface area contributed by atoms with Crippen LogP contribution in [0.4, 0.5) is 13.2 Å². The topological polar surface area (TPSA) is 106 Å². The van der Waals surface area contributed by atoms with E-state index in [2.05, 4.69) is 15.6 Å². The van der Waals surface area contributed by atoms with Gasteiger partial charge in [0.25, 0.3) is 5.91 Å². The molecule has 1 unspecified atom stereocenters. The van der Waals surface area contributed by atoms with Crippen LogP contribution < -0.4 is 10.1 Å². The molecule has 1 aromatic heterocycles. The number of carbonyl (C=O) groups excluding carboxylic acids is 3. The second-order valence-corrected chi connectivity index (χ2v) is 8.58. The molecule has 9 nitrogen and oxygen atoms in total. The maximum Gasteiger partial charge on any atom is 0.416 e. The minimum Gasteiger partial charge on any atom is -0.487 e. The molecule has 186 valence electrons. The first kappa shape index (κ1) is 23.5. The van der Waals surface area contributed by atoms with E-state index >= 15 is 0 Å². The molecule has 1 fully saturated rings. The van der Waals surface area contributed by atoms with Crippen LogP contribution in [0.25, 0.3) is 0 Å². The fourth-order valence-electron chi connectivity index (χ4n) is 4.36. The zero-order valence-corrected chi connectivity index (χ0v) is 18.8. The summed E-state index contributed by atoms with van der Waals surface area (Å²) in [6.45, 7) is 0.289. The number of ether oxygens (including phenoxy) is 1. The molecule has 0 bridgehead atoms. The van der Waals surface area contributed by atoms with Gasteiger partial charge in [0.05, 0.1) is 24.8 Å². The van der Waals surface area contributed by atoms with Crippen molar-refractivity contribution in [3.8, 4) is 5.75 Å². The number of halogens is 3. The summed E-state index contributed by atoms with van der Waals surface area (Å²) in [5.41, 5.74) is 1.19. The molecule has 2 aliphatic heterocycles. The molecular weight excluding hydrogens is 479 g/mol. The van der Waals surface area contributed by atoms with Gasteiger partial charge in [-0.05, 0) is 36.2 Å². The van der Waals surface area contributed by atoms with Gasteiger partial charge in [0.15, 0.2) is 0 Å². The third kappa shape index (κ3) is 4.66. The number of piperidine rings is 1. The average molecular weight is 499 g/mol. The summed E-state index contributed by atoms with van der Waals surface area (Å²) in [6.07, 6.45) is -2.43. The Labute approximate surface area is 202 Å². The van der Waals surface area contributed by atoms with Crippen LogP contribution in [0.1, 0.15) is 45.6 Å². The number of nitrogens with zero attached hydrogens (tertiary/aromatic N) is 4. The Hall–Kier alpha value is -4.22. The molecule has 36 heavy (non-hydrogen) atoms. The number of nitrogens with one attached hydrogen (secondary N) is 1. The van der Waals surface area contributed by atoms with Gasteiger partial charge in [0.2, 0.25) is 11.8 Å². The Kier molecular flexibility index (Phi) is 5.94. The van der Waals surface area contributed by atoms with Gasteiger partial charge in [-0.1, -0.05) is 23.4 Å². The molecule has 2 aliphatic rings. The number of hydrogen-bond acceptors (Lipinski definition) is 6. The first-order chi connectivity index (χ1) is 17.2. The number of imide groups is 1. The number of rotatable bonds is 6. The van der Waals surface area contributed by atoms with Crippen molar-refractivity contribution in [3.05, 3.63) is 76.6 Å². The summed E-state index contributed by atoms with van der Waals surface area (Å²) in [7, 11) is 0. The molecule has 0 saturated carbocycles. The Balaban J connectivity index is 1.25. The van der Waals surface area contributed by atoms with Crippen LogP contribution in [-0.4, -0.2) is 43.7 Å². The van der Waals surface area contributed by atoms with E-state index in [9.17, 15) is 27.6 Å². The third-order valence-corrected chi connectivity index (χ3v) is 6.10. The Morgan fingerprint density at radius 2 is 1.92 bits per heavy atom. The Bertz CT molecular complexity index is 1350. The Morgan fingerprint density at radius 3 is 2.69 bits per heavy atom. The van der Waals surface area contributed by atoms with Crippen molar-refractivity contribution in [2.24, 2.45) is 0 Å². The van der Waals surface area contributed by atoms with E-state index in [-0.39, 0.29) is 44.4 Å². The molecule has 12 heteroatoms. The predicted octanol–water partition coefficient (Wildman–Crippen LogP) is 2.69. The highest BCUT2D eigenvalue weighted by Gasteiger charge is 2.40. The van der Waals surface area contributed by atoms with Gasteiger partial charge in [0.1, 0.15) is 24.1 Å². The number of fused-ring (bicyclic) bond motifs is 1. The van der Waals surface area contributed by atoms with Gasteiger partial charge in [-0.2, -0.15) is 13.2 Å². The minimum atomic E-state index is -4.43. The van der Waals surface area contributed by atoms with E-state index in [1.54, 1.807) is 30.5 Å². The lowest BCUT2D eigenvalue weighted by molar-refractivity contribution is -0.138. The number of carbonyl (C=O) groups is 3. The van der Waals surface area contributed by atoms with Gasteiger partial charge in [-0.25, -0.2) is 4.68 Å². The highest BCUT2D eigenvalue weighted by molar-refractivity contribution is 6.05. The quantitative estimate of drug-likeness (QED) is 0.523. The number of aromatic nitrogens is 3. The second-order valence-electron chi connectivity index (χ2n) is 8.58. The van der Waals surface area contributed by atoms with Crippen molar-refractivity contribution in [1.29, 1.82) is 0 Å². The molecule has 3 amide bonds. The SMILES string of the molecule is O=C1CCC(N2Cc3c(OCc4cn(Cc5cccc(C(F)(F)F)c5)nn4)cccc3C2=O)C(=O)N1. The summed E-state index contributed by atoms with van der Waals surface area (Å²) in [5.74, 6) is -0.710. The van der Waals surface area contributed by atoms with Gasteiger partial charge in [0, 0.05) is 17.5 Å². The lowest BCUT2D eigenvalue weighted by Crippen LogP contribution is -2.52. The number of hydrogen-bond donors (Lipinski definition) is 1. The first-order valence-electron chi connectivity index (χ1n) is 11.1. The highest BCUT2D eigenvalue weighted by atomic mass is 19.4. The van der Waals surface area contributed by atoms with E-state index in [1.165, 1.54) is 15.6 Å². The zero-order valence-electron chi connectivity index (χ0n) is 18.8. The van der Waals surface area contributed by atoms with E-state index in [0.717, 1.165) is 12.1 Å². The lowest BCUT2D eigenvalue weighted by Gasteiger charge is -2.29. The number of amides is 3. The monoisotopic (exact) mass is 499 g/mol. The molecule has 0 radical (unpaired) electrons. The number of benzene rings is 2. The van der Waals surface area contributed by atoms with Gasteiger partial charge in [-0.15, -0.1) is 5.10 Å². The third-order valence-electron chi connectivity index (χ3n) is 6.10. The van der Waals surface area contributed by atoms with Crippen molar-refractivity contribution in [1.82, 2.24) is 25.2 Å². The van der Waals surface area contributed by atoms with Crippen molar-refractivity contribution >= 4 is 17.7 Å². The molecule has 0 spiro atoms. The van der Waals surface area contributed by atoms with Gasteiger partial charge in [-0.3, -0.25) is 19.7 Å². The minimum absolute atomic E-state index is 0.0195. The summed E-state index contributed by atoms with van der Waals surface area (Å²) in [5, 5.41) is 10.2. The summed E-state index contributed by atoms with van der Waals surface area (Å²) in [6, 6.07) is 9.29. The standard InChI is InChI=1S/C24H20F3N5O4/c25-24(26,27)15-4-1-3-14(9-15)10-31-11-16(29-30-31)13-36-20-6-2-5-17-18(20)12-32(23(17)35)19-7-8-21(33)28-22(19)34/h1-6,9,11,19H,7-8,10,12-13H2,(H,28,33,34). The van der Waals surface area contributed by atoms with Gasteiger partial charge < -0.3 is 9.64 Å². The van der Waals surface area contributed by atoms with Crippen LogP contribution in [0.2, 0.25) is 0 Å². The Morgan fingerprint density at radius 1 is 1.11 bits per heavy atom. The molecular formula is C24H20F3N5O4. The van der Waals surface area contributed by atoms with Crippen LogP contribution in [0, 0.1) is 0 Å². The second kappa shape index (κ2) is 9.10. The number of alkyl halides is 3. The van der Waals surface area contributed by atoms with E-state index < -0.39 is 23.7 Å². The summed E-state index contributed by atoms with van der Waals surface area (Å²) >= 11 is 0. The molecule has 2 aromatic carbocycles. The normalized spacial score (nSPS) is 17.8. The molecule has 3 aromatic rings. The lowest BCUT2D eigenvalue weighted by atomic mass is 10.0. The largest absolute Gasteiger partial charge is 0.487 e. The van der Waals surface area contributed by atoms with Crippen molar-refractivity contribution in [3.63, 3.8) is 0 Å². The highest BCUT2D eigenvalue weighted by Crippen LogP contribution is 2.34. The smallest absolute Gasteiger partial charge is 0.416 e. The van der Waals surface area contributed by atoms with Crippen LogP contribution in [0.5, 0.6) is 5.75 Å². The maximum atomic E-state index is 12.9. The van der Waals surface area contributed by atoms with Gasteiger partial charge >= 0.3 is 6.18 Å². The van der Waals surface area contributed by atoms with Crippen molar-refractivity contribution in [2.45, 2.75) is 44.8 Å². The predicted molar refractivity (Wildman–Crippen MR) is 117 cm³/mol. The van der Waals surface area contributed by atoms with Crippen LogP contribution in [0.3, 0.4) is 0 Å². The van der Waals surface area contributed by atoms with Crippen LogP contribution in [-0.2, 0) is 35.5 Å². The molecule has 1 atom stereocenters. The fraction of sp³-hybridized carbons (Fsp3) is 0.292. The van der Waals surface area contributed by atoms with Crippen LogP contribution >= 0.6 is 0 Å². The van der Waals surface area contributed by atoms with E-state index in [0.29, 0.717) is 28.1 Å². The molecule has 5 rings (SSSR count). The molecule has 1 saturated heterocycles. The maximum absolute atomic E-state index is 12.9. The van der Waals surface area contributed by atoms with E-state index in [4.69, 9.17) is 4.74 Å². The fourth-order valence-corrected chi connectivity index (χ4v) is 4.36. The zero-order chi connectivity index (χ0) is 25.4. The summed E-state index contributed by atoms with van der Waals surface area (Å²) in [4.78, 5) is 38.1. The molecule has 3 heterocycles. The van der Waals surface area contributed by atoms with Crippen molar-refractivity contribution < 1.29 is 32.3 Å².